The molecule has 0 unspecified atom stereocenters. The molecule has 0 aromatic carbocycles. The Hall–Kier alpha value is -0.300. The lowest BCUT2D eigenvalue weighted by molar-refractivity contribution is 0.103. The highest BCUT2D eigenvalue weighted by atomic mass is 16.5. The van der Waals surface area contributed by atoms with E-state index >= 15 is 0 Å². The SMILES string of the molecule is C/C=C\[C@H](OC)C(C)C. The summed E-state index contributed by atoms with van der Waals surface area (Å²) in [5.41, 5.74) is 0. The molecule has 0 fully saturated rings. The van der Waals surface area contributed by atoms with Crippen LogP contribution in [0.4, 0.5) is 0 Å². The van der Waals surface area contributed by atoms with Crippen molar-refractivity contribution in [3.05, 3.63) is 12.2 Å². The molecule has 0 heterocycles. The predicted molar refractivity (Wildman–Crippen MR) is 40.4 cm³/mol. The van der Waals surface area contributed by atoms with Crippen molar-refractivity contribution in [2.45, 2.75) is 26.9 Å². The van der Waals surface area contributed by atoms with Gasteiger partial charge in [-0.3, -0.25) is 0 Å². The van der Waals surface area contributed by atoms with Gasteiger partial charge in [0.2, 0.25) is 0 Å². The van der Waals surface area contributed by atoms with Gasteiger partial charge in [-0.2, -0.15) is 0 Å². The molecule has 0 rings (SSSR count). The standard InChI is InChI=1S/C8H16O/c1-5-6-8(9-4)7(2)3/h5-8H,1-4H3/b6-5-/t8-/m0/s1. The van der Waals surface area contributed by atoms with Gasteiger partial charge in [0.25, 0.3) is 0 Å². The molecule has 9 heavy (non-hydrogen) atoms. The third-order valence-corrected chi connectivity index (χ3v) is 1.31. The lowest BCUT2D eigenvalue weighted by Crippen LogP contribution is -2.14. The minimum atomic E-state index is 0.287. The molecular formula is C8H16O. The topological polar surface area (TPSA) is 9.23 Å². The first-order chi connectivity index (χ1) is 4.22. The third kappa shape index (κ3) is 3.31. The van der Waals surface area contributed by atoms with E-state index in [-0.39, 0.29) is 6.10 Å². The van der Waals surface area contributed by atoms with E-state index in [0.717, 1.165) is 0 Å². The number of hydrogen-bond donors (Lipinski definition) is 0. The fraction of sp³-hybridized carbons (Fsp3) is 0.750. The van der Waals surface area contributed by atoms with Crippen LogP contribution in [-0.4, -0.2) is 13.2 Å². The quantitative estimate of drug-likeness (QED) is 0.530. The van der Waals surface area contributed by atoms with Crippen molar-refractivity contribution in [1.29, 1.82) is 0 Å². The molecule has 0 aromatic rings. The van der Waals surface area contributed by atoms with E-state index in [0.29, 0.717) is 5.92 Å². The van der Waals surface area contributed by atoms with Crippen LogP contribution in [0.1, 0.15) is 20.8 Å². The van der Waals surface area contributed by atoms with Crippen molar-refractivity contribution < 1.29 is 4.74 Å². The molecule has 0 saturated carbocycles. The highest BCUT2D eigenvalue weighted by Crippen LogP contribution is 2.05. The third-order valence-electron chi connectivity index (χ3n) is 1.31. The van der Waals surface area contributed by atoms with E-state index in [2.05, 4.69) is 19.9 Å². The van der Waals surface area contributed by atoms with Crippen LogP contribution >= 0.6 is 0 Å². The average molecular weight is 128 g/mol. The first-order valence-electron chi connectivity index (χ1n) is 3.38. The van der Waals surface area contributed by atoms with Crippen molar-refractivity contribution >= 4 is 0 Å². The van der Waals surface area contributed by atoms with Crippen LogP contribution in [0.15, 0.2) is 12.2 Å². The molecule has 54 valence electrons. The zero-order valence-corrected chi connectivity index (χ0v) is 6.72. The highest BCUT2D eigenvalue weighted by Gasteiger charge is 2.05. The van der Waals surface area contributed by atoms with Gasteiger partial charge in [-0.15, -0.1) is 0 Å². The van der Waals surface area contributed by atoms with Gasteiger partial charge in [-0.1, -0.05) is 26.0 Å². The molecule has 0 amide bonds. The van der Waals surface area contributed by atoms with Crippen molar-refractivity contribution in [2.75, 3.05) is 7.11 Å². The second kappa shape index (κ2) is 4.57. The summed E-state index contributed by atoms with van der Waals surface area (Å²) in [6.45, 7) is 6.30. The van der Waals surface area contributed by atoms with Crippen molar-refractivity contribution in [2.24, 2.45) is 5.92 Å². The summed E-state index contributed by atoms with van der Waals surface area (Å²) in [7, 11) is 1.74. The molecule has 0 spiro atoms. The van der Waals surface area contributed by atoms with Gasteiger partial charge in [0.05, 0.1) is 6.10 Å². The summed E-state index contributed by atoms with van der Waals surface area (Å²) in [4.78, 5) is 0. The van der Waals surface area contributed by atoms with Gasteiger partial charge in [-0.25, -0.2) is 0 Å². The molecular weight excluding hydrogens is 112 g/mol. The zero-order valence-electron chi connectivity index (χ0n) is 6.72. The second-order valence-electron chi connectivity index (χ2n) is 2.47. The second-order valence-corrected chi connectivity index (χ2v) is 2.47. The van der Waals surface area contributed by atoms with Crippen LogP contribution < -0.4 is 0 Å². The summed E-state index contributed by atoms with van der Waals surface area (Å²) < 4.78 is 5.17. The number of hydrogen-bond acceptors (Lipinski definition) is 1. The Bertz CT molecular complexity index is 84.6. The number of allylic oxidation sites excluding steroid dienone is 1. The molecule has 0 saturated heterocycles. The van der Waals surface area contributed by atoms with Crippen LogP contribution in [0.25, 0.3) is 0 Å². The summed E-state index contributed by atoms with van der Waals surface area (Å²) in [5, 5.41) is 0. The monoisotopic (exact) mass is 128 g/mol. The summed E-state index contributed by atoms with van der Waals surface area (Å²) >= 11 is 0. The maximum absolute atomic E-state index is 5.17. The average Bonchev–Trinajstić information content (AvgIpc) is 1.82. The summed E-state index contributed by atoms with van der Waals surface area (Å²) in [6, 6.07) is 0. The first kappa shape index (κ1) is 8.70. The number of ether oxygens (including phenoxy) is 1. The number of methoxy groups -OCH3 is 1. The van der Waals surface area contributed by atoms with Gasteiger partial charge in [-0.05, 0) is 12.8 Å². The van der Waals surface area contributed by atoms with Crippen molar-refractivity contribution in [1.82, 2.24) is 0 Å². The van der Waals surface area contributed by atoms with Gasteiger partial charge >= 0.3 is 0 Å². The molecule has 0 bridgehead atoms. The van der Waals surface area contributed by atoms with Crippen LogP contribution in [0.3, 0.4) is 0 Å². The molecule has 1 heteroatoms. The van der Waals surface area contributed by atoms with Crippen molar-refractivity contribution in [3.8, 4) is 0 Å². The minimum Gasteiger partial charge on any atom is -0.377 e. The van der Waals surface area contributed by atoms with E-state index in [1.165, 1.54) is 0 Å². The first-order valence-corrected chi connectivity index (χ1v) is 3.38. The lowest BCUT2D eigenvalue weighted by Gasteiger charge is -2.13. The Labute approximate surface area is 57.7 Å². The van der Waals surface area contributed by atoms with Crippen molar-refractivity contribution in [3.63, 3.8) is 0 Å². The Morgan fingerprint density at radius 1 is 1.33 bits per heavy atom. The minimum absolute atomic E-state index is 0.287. The number of rotatable bonds is 3. The fourth-order valence-electron chi connectivity index (χ4n) is 0.763. The van der Waals surface area contributed by atoms with E-state index in [4.69, 9.17) is 4.74 Å². The van der Waals surface area contributed by atoms with E-state index in [1.807, 2.05) is 13.0 Å². The normalized spacial score (nSPS) is 15.2. The van der Waals surface area contributed by atoms with Crippen LogP contribution in [0, 0.1) is 5.92 Å². The summed E-state index contributed by atoms with van der Waals surface area (Å²) in [5.74, 6) is 0.575. The van der Waals surface area contributed by atoms with E-state index < -0.39 is 0 Å². The lowest BCUT2D eigenvalue weighted by atomic mass is 10.1. The van der Waals surface area contributed by atoms with Crippen LogP contribution in [-0.2, 0) is 4.74 Å². The smallest absolute Gasteiger partial charge is 0.0774 e. The van der Waals surface area contributed by atoms with Crippen LogP contribution in [0.5, 0.6) is 0 Å². The maximum Gasteiger partial charge on any atom is 0.0774 e. The largest absolute Gasteiger partial charge is 0.377 e. The molecule has 0 radical (unpaired) electrons. The summed E-state index contributed by atoms with van der Waals surface area (Å²) in [6.07, 6.45) is 4.38. The highest BCUT2D eigenvalue weighted by molar-refractivity contribution is 4.88. The van der Waals surface area contributed by atoms with E-state index in [9.17, 15) is 0 Å². The van der Waals surface area contributed by atoms with Gasteiger partial charge in [0.1, 0.15) is 0 Å². The Morgan fingerprint density at radius 3 is 2.00 bits per heavy atom. The molecule has 0 N–H and O–H groups in total. The maximum atomic E-state index is 5.17. The van der Waals surface area contributed by atoms with Gasteiger partial charge in [0, 0.05) is 7.11 Å². The zero-order chi connectivity index (χ0) is 7.28. The molecule has 1 atom stereocenters. The Balaban J connectivity index is 3.68. The fourth-order valence-corrected chi connectivity index (χ4v) is 0.763. The van der Waals surface area contributed by atoms with E-state index in [1.54, 1.807) is 7.11 Å². The van der Waals surface area contributed by atoms with Gasteiger partial charge < -0.3 is 4.74 Å². The molecule has 0 aromatic heterocycles. The Morgan fingerprint density at radius 2 is 1.89 bits per heavy atom. The Kier molecular flexibility index (Phi) is 4.41. The molecule has 1 nitrogen and oxygen atoms in total. The van der Waals surface area contributed by atoms with Crippen LogP contribution in [0.2, 0.25) is 0 Å². The van der Waals surface area contributed by atoms with Gasteiger partial charge in [0.15, 0.2) is 0 Å². The molecule has 0 aliphatic rings. The predicted octanol–water partition coefficient (Wildman–Crippen LogP) is 2.23. The molecule has 0 aliphatic carbocycles. The molecule has 0 aliphatic heterocycles.